The van der Waals surface area contributed by atoms with E-state index in [0.29, 0.717) is 17.7 Å². The summed E-state index contributed by atoms with van der Waals surface area (Å²) in [5.41, 5.74) is 5.98. The Morgan fingerprint density at radius 3 is 2.62 bits per heavy atom. The van der Waals surface area contributed by atoms with E-state index in [9.17, 15) is 9.50 Å². The number of rotatable bonds is 5. The Balaban J connectivity index is 2.06. The lowest BCUT2D eigenvalue weighted by molar-refractivity contribution is 0.119. The van der Waals surface area contributed by atoms with Crippen molar-refractivity contribution < 1.29 is 14.7 Å². The summed E-state index contributed by atoms with van der Waals surface area (Å²) in [5, 5.41) is 24.4. The summed E-state index contributed by atoms with van der Waals surface area (Å²) in [6, 6.07) is 4.48. The molecule has 1 aliphatic rings. The second-order valence-electron chi connectivity index (χ2n) is 5.64. The SMILES string of the molecule is NC(=NO)c1ccc(CNC2(CO)CCCCC2)c(F)c1. The lowest BCUT2D eigenvalue weighted by Gasteiger charge is -2.36. The highest BCUT2D eigenvalue weighted by molar-refractivity contribution is 5.97. The minimum atomic E-state index is -0.407. The van der Waals surface area contributed by atoms with Crippen LogP contribution in [0.2, 0.25) is 0 Å². The molecule has 116 valence electrons. The number of oxime groups is 1. The fourth-order valence-corrected chi connectivity index (χ4v) is 2.81. The van der Waals surface area contributed by atoms with Crippen LogP contribution in [0, 0.1) is 5.82 Å². The van der Waals surface area contributed by atoms with Gasteiger partial charge in [-0.1, -0.05) is 36.6 Å². The Hall–Kier alpha value is -1.66. The predicted octanol–water partition coefficient (Wildman–Crippen LogP) is 1.70. The first kappa shape index (κ1) is 15.7. The average Bonchev–Trinajstić information content (AvgIpc) is 2.53. The topological polar surface area (TPSA) is 90.9 Å². The molecule has 1 aromatic rings. The molecule has 6 heteroatoms. The normalized spacial score (nSPS) is 18.7. The van der Waals surface area contributed by atoms with E-state index in [1.165, 1.54) is 12.5 Å². The van der Waals surface area contributed by atoms with E-state index >= 15 is 0 Å². The van der Waals surface area contributed by atoms with Crippen molar-refractivity contribution in [1.82, 2.24) is 5.32 Å². The molecule has 1 fully saturated rings. The van der Waals surface area contributed by atoms with Crippen LogP contribution in [0.1, 0.15) is 43.2 Å². The Bertz CT molecular complexity index is 514. The molecule has 0 aromatic heterocycles. The molecule has 0 spiro atoms. The third-order valence-corrected chi connectivity index (χ3v) is 4.22. The quantitative estimate of drug-likeness (QED) is 0.288. The van der Waals surface area contributed by atoms with Gasteiger partial charge in [0.25, 0.3) is 0 Å². The number of aliphatic hydroxyl groups is 1. The number of benzene rings is 1. The van der Waals surface area contributed by atoms with Crippen LogP contribution in [0.25, 0.3) is 0 Å². The van der Waals surface area contributed by atoms with Crippen molar-refractivity contribution in [3.63, 3.8) is 0 Å². The van der Waals surface area contributed by atoms with Gasteiger partial charge in [-0.2, -0.15) is 0 Å². The molecule has 0 aliphatic heterocycles. The van der Waals surface area contributed by atoms with Crippen LogP contribution < -0.4 is 11.1 Å². The van der Waals surface area contributed by atoms with E-state index in [2.05, 4.69) is 10.5 Å². The summed E-state index contributed by atoms with van der Waals surface area (Å²) in [4.78, 5) is 0. The van der Waals surface area contributed by atoms with Gasteiger partial charge in [-0.15, -0.1) is 0 Å². The first-order valence-corrected chi connectivity index (χ1v) is 7.22. The van der Waals surface area contributed by atoms with Crippen LogP contribution >= 0.6 is 0 Å². The molecular formula is C15H22FN3O2. The number of halogens is 1. The van der Waals surface area contributed by atoms with Crippen LogP contribution in [-0.2, 0) is 6.54 Å². The zero-order chi connectivity index (χ0) is 15.3. The van der Waals surface area contributed by atoms with Crippen molar-refractivity contribution in [2.75, 3.05) is 6.61 Å². The second kappa shape index (κ2) is 6.87. The van der Waals surface area contributed by atoms with E-state index in [0.717, 1.165) is 25.7 Å². The summed E-state index contributed by atoms with van der Waals surface area (Å²) in [7, 11) is 0. The van der Waals surface area contributed by atoms with Gasteiger partial charge in [0.2, 0.25) is 0 Å². The van der Waals surface area contributed by atoms with Gasteiger partial charge in [-0.25, -0.2) is 4.39 Å². The van der Waals surface area contributed by atoms with Crippen molar-refractivity contribution in [3.05, 3.63) is 35.1 Å². The minimum absolute atomic E-state index is 0.0663. The van der Waals surface area contributed by atoms with Crippen molar-refractivity contribution in [2.45, 2.75) is 44.2 Å². The van der Waals surface area contributed by atoms with Crippen molar-refractivity contribution >= 4 is 5.84 Å². The van der Waals surface area contributed by atoms with E-state index in [1.807, 2.05) is 0 Å². The highest BCUT2D eigenvalue weighted by Crippen LogP contribution is 2.28. The zero-order valence-electron chi connectivity index (χ0n) is 12.0. The molecule has 1 aromatic carbocycles. The van der Waals surface area contributed by atoms with Gasteiger partial charge in [-0.3, -0.25) is 0 Å². The fraction of sp³-hybridized carbons (Fsp3) is 0.533. The Morgan fingerprint density at radius 2 is 2.05 bits per heavy atom. The maximum absolute atomic E-state index is 14.0. The lowest BCUT2D eigenvalue weighted by Crippen LogP contribution is -2.49. The standard InChI is InChI=1S/C15H22FN3O2/c16-13-8-11(14(17)19-21)4-5-12(13)9-18-15(10-20)6-2-1-3-7-15/h4-5,8,18,20-21H,1-3,6-7,9-10H2,(H2,17,19). The zero-order valence-corrected chi connectivity index (χ0v) is 12.0. The van der Waals surface area contributed by atoms with Gasteiger partial charge >= 0.3 is 0 Å². The molecule has 0 amide bonds. The molecule has 1 aliphatic carbocycles. The van der Waals surface area contributed by atoms with Crippen LogP contribution in [0.15, 0.2) is 23.4 Å². The van der Waals surface area contributed by atoms with E-state index < -0.39 is 5.82 Å². The third-order valence-electron chi connectivity index (χ3n) is 4.22. The molecule has 0 bridgehead atoms. The highest BCUT2D eigenvalue weighted by Gasteiger charge is 2.30. The molecule has 0 saturated heterocycles. The Morgan fingerprint density at radius 1 is 1.33 bits per heavy atom. The van der Waals surface area contributed by atoms with Crippen molar-refractivity contribution in [2.24, 2.45) is 10.9 Å². The highest BCUT2D eigenvalue weighted by atomic mass is 19.1. The third kappa shape index (κ3) is 3.71. The number of nitrogens with two attached hydrogens (primary N) is 1. The van der Waals surface area contributed by atoms with E-state index in [-0.39, 0.29) is 18.0 Å². The van der Waals surface area contributed by atoms with E-state index in [1.54, 1.807) is 12.1 Å². The van der Waals surface area contributed by atoms with Gasteiger partial charge in [0.05, 0.1) is 6.61 Å². The van der Waals surface area contributed by atoms with Crippen LogP contribution in [0.3, 0.4) is 0 Å². The van der Waals surface area contributed by atoms with Gasteiger partial charge in [0.1, 0.15) is 5.82 Å². The maximum atomic E-state index is 14.0. The van der Waals surface area contributed by atoms with Crippen molar-refractivity contribution in [3.8, 4) is 0 Å². The van der Waals surface area contributed by atoms with Crippen LogP contribution in [0.4, 0.5) is 4.39 Å². The summed E-state index contributed by atoms with van der Waals surface area (Å²) in [5.74, 6) is -0.525. The first-order valence-electron chi connectivity index (χ1n) is 7.22. The number of nitrogens with zero attached hydrogens (tertiary/aromatic N) is 1. The van der Waals surface area contributed by atoms with Crippen LogP contribution in [0.5, 0.6) is 0 Å². The first-order chi connectivity index (χ1) is 10.1. The van der Waals surface area contributed by atoms with Crippen molar-refractivity contribution in [1.29, 1.82) is 0 Å². The molecule has 1 saturated carbocycles. The number of hydrogen-bond donors (Lipinski definition) is 4. The van der Waals surface area contributed by atoms with E-state index in [4.69, 9.17) is 10.9 Å². The molecular weight excluding hydrogens is 273 g/mol. The molecule has 21 heavy (non-hydrogen) atoms. The van der Waals surface area contributed by atoms with Gasteiger partial charge < -0.3 is 21.4 Å². The molecule has 0 atom stereocenters. The molecule has 0 heterocycles. The summed E-state index contributed by atoms with van der Waals surface area (Å²) in [6.07, 6.45) is 5.17. The molecule has 5 N–H and O–H groups in total. The monoisotopic (exact) mass is 295 g/mol. The van der Waals surface area contributed by atoms with Crippen LogP contribution in [-0.4, -0.2) is 28.3 Å². The molecule has 5 nitrogen and oxygen atoms in total. The summed E-state index contributed by atoms with van der Waals surface area (Å²) >= 11 is 0. The second-order valence-corrected chi connectivity index (χ2v) is 5.64. The predicted molar refractivity (Wildman–Crippen MR) is 78.7 cm³/mol. The number of aliphatic hydroxyl groups excluding tert-OH is 1. The lowest BCUT2D eigenvalue weighted by atomic mass is 9.82. The number of amidine groups is 1. The average molecular weight is 295 g/mol. The Kier molecular flexibility index (Phi) is 5.14. The smallest absolute Gasteiger partial charge is 0.170 e. The van der Waals surface area contributed by atoms with Gasteiger partial charge in [0.15, 0.2) is 5.84 Å². The molecule has 0 unspecified atom stereocenters. The minimum Gasteiger partial charge on any atom is -0.409 e. The molecule has 2 rings (SSSR count). The Labute approximate surface area is 123 Å². The molecule has 0 radical (unpaired) electrons. The largest absolute Gasteiger partial charge is 0.409 e. The maximum Gasteiger partial charge on any atom is 0.170 e. The fourth-order valence-electron chi connectivity index (χ4n) is 2.81. The van der Waals surface area contributed by atoms with Gasteiger partial charge in [-0.05, 0) is 18.9 Å². The summed E-state index contributed by atoms with van der Waals surface area (Å²) in [6.45, 7) is 0.416. The summed E-state index contributed by atoms with van der Waals surface area (Å²) < 4.78 is 14.0. The number of nitrogens with one attached hydrogen (secondary N) is 1. The number of hydrogen-bond acceptors (Lipinski definition) is 4. The van der Waals surface area contributed by atoms with Gasteiger partial charge in [0, 0.05) is 23.2 Å².